The van der Waals surface area contributed by atoms with Gasteiger partial charge < -0.3 is 5.32 Å². The molecule has 0 bridgehead atoms. The predicted octanol–water partition coefficient (Wildman–Crippen LogP) is 4.37. The summed E-state index contributed by atoms with van der Waals surface area (Å²) in [4.78, 5) is 5.06. The largest absolute Gasteiger partial charge is 0.369 e. The van der Waals surface area contributed by atoms with E-state index in [1.54, 1.807) is 0 Å². The summed E-state index contributed by atoms with van der Waals surface area (Å²) in [6.45, 7) is 2.94. The van der Waals surface area contributed by atoms with E-state index in [-0.39, 0.29) is 0 Å². The Balaban J connectivity index is 1.91. The number of hydrogen-bond acceptors (Lipinski definition) is 4. The standard InChI is InChI=1S/C18H23BrN6/c1-3-20-18-15(19)16(12-7-5-4-6-8-12)23-17-14(10-22-25(17)18)13-9-21-24(2)11-13/h9-12,20H,3-8H2,1-2H3. The first kappa shape index (κ1) is 16.6. The summed E-state index contributed by atoms with van der Waals surface area (Å²) in [5.41, 5.74) is 4.13. The fraction of sp³-hybridized carbons (Fsp3) is 0.500. The van der Waals surface area contributed by atoms with Crippen LogP contribution in [0.15, 0.2) is 23.1 Å². The molecule has 3 heterocycles. The number of hydrogen-bond donors (Lipinski definition) is 1. The van der Waals surface area contributed by atoms with Crippen molar-refractivity contribution < 1.29 is 0 Å². The third kappa shape index (κ3) is 2.94. The molecule has 1 aliphatic carbocycles. The zero-order valence-electron chi connectivity index (χ0n) is 14.7. The van der Waals surface area contributed by atoms with Crippen LogP contribution in [0.1, 0.15) is 50.6 Å². The summed E-state index contributed by atoms with van der Waals surface area (Å²) in [7, 11) is 1.93. The van der Waals surface area contributed by atoms with E-state index in [1.165, 1.54) is 32.1 Å². The molecule has 1 fully saturated rings. The van der Waals surface area contributed by atoms with Gasteiger partial charge in [0, 0.05) is 36.8 Å². The Morgan fingerprint density at radius 1 is 1.20 bits per heavy atom. The molecule has 132 valence electrons. The van der Waals surface area contributed by atoms with Crippen LogP contribution in [0.4, 0.5) is 5.82 Å². The van der Waals surface area contributed by atoms with Gasteiger partial charge in [0.2, 0.25) is 0 Å². The summed E-state index contributed by atoms with van der Waals surface area (Å²) in [6, 6.07) is 0. The Hall–Kier alpha value is -1.89. The van der Waals surface area contributed by atoms with E-state index < -0.39 is 0 Å². The first-order valence-electron chi connectivity index (χ1n) is 8.99. The minimum Gasteiger partial charge on any atom is -0.369 e. The molecule has 0 amide bonds. The lowest BCUT2D eigenvalue weighted by molar-refractivity contribution is 0.435. The second-order valence-electron chi connectivity index (χ2n) is 6.72. The lowest BCUT2D eigenvalue weighted by Gasteiger charge is -2.23. The van der Waals surface area contributed by atoms with E-state index in [2.05, 4.69) is 38.4 Å². The number of fused-ring (bicyclic) bond motifs is 1. The van der Waals surface area contributed by atoms with Gasteiger partial charge in [-0.25, -0.2) is 4.98 Å². The Morgan fingerprint density at radius 3 is 2.68 bits per heavy atom. The molecule has 7 heteroatoms. The maximum atomic E-state index is 5.06. The van der Waals surface area contributed by atoms with Crippen LogP contribution in [-0.2, 0) is 7.05 Å². The number of nitrogens with one attached hydrogen (secondary N) is 1. The van der Waals surface area contributed by atoms with Crippen molar-refractivity contribution in [2.45, 2.75) is 44.9 Å². The fourth-order valence-corrected chi connectivity index (χ4v) is 4.44. The molecule has 0 aromatic carbocycles. The summed E-state index contributed by atoms with van der Waals surface area (Å²) in [5, 5.41) is 12.4. The van der Waals surface area contributed by atoms with Crippen LogP contribution in [0.25, 0.3) is 16.8 Å². The van der Waals surface area contributed by atoms with Gasteiger partial charge in [-0.15, -0.1) is 0 Å². The van der Waals surface area contributed by atoms with Crippen LogP contribution in [0.2, 0.25) is 0 Å². The van der Waals surface area contributed by atoms with E-state index in [1.807, 2.05) is 34.8 Å². The number of nitrogens with zero attached hydrogens (tertiary/aromatic N) is 5. The quantitative estimate of drug-likeness (QED) is 0.703. The topological polar surface area (TPSA) is 60.0 Å². The Bertz CT molecular complexity index is 890. The minimum atomic E-state index is 0.516. The maximum absolute atomic E-state index is 5.06. The van der Waals surface area contributed by atoms with E-state index in [0.717, 1.165) is 39.3 Å². The lowest BCUT2D eigenvalue weighted by atomic mass is 9.87. The lowest BCUT2D eigenvalue weighted by Crippen LogP contribution is -2.13. The monoisotopic (exact) mass is 402 g/mol. The molecule has 0 radical (unpaired) electrons. The van der Waals surface area contributed by atoms with E-state index in [9.17, 15) is 0 Å². The van der Waals surface area contributed by atoms with Gasteiger partial charge in [0.1, 0.15) is 5.82 Å². The summed E-state index contributed by atoms with van der Waals surface area (Å²) >= 11 is 3.81. The maximum Gasteiger partial charge on any atom is 0.165 e. The first-order valence-corrected chi connectivity index (χ1v) is 9.78. The smallest absolute Gasteiger partial charge is 0.165 e. The van der Waals surface area contributed by atoms with Crippen LogP contribution in [0, 0.1) is 0 Å². The molecule has 0 aliphatic heterocycles. The van der Waals surface area contributed by atoms with Crippen molar-refractivity contribution in [2.24, 2.45) is 7.05 Å². The number of anilines is 1. The molecule has 4 rings (SSSR count). The minimum absolute atomic E-state index is 0.516. The predicted molar refractivity (Wildman–Crippen MR) is 103 cm³/mol. The van der Waals surface area contributed by atoms with Crippen molar-refractivity contribution in [2.75, 3.05) is 11.9 Å². The first-order chi connectivity index (χ1) is 12.2. The summed E-state index contributed by atoms with van der Waals surface area (Å²) in [6.07, 6.45) is 12.1. The Labute approximate surface area is 155 Å². The van der Waals surface area contributed by atoms with Crippen molar-refractivity contribution in [3.8, 4) is 11.1 Å². The molecule has 25 heavy (non-hydrogen) atoms. The molecule has 1 saturated carbocycles. The third-order valence-electron chi connectivity index (χ3n) is 4.97. The van der Waals surface area contributed by atoms with E-state index in [0.29, 0.717) is 5.92 Å². The molecule has 6 nitrogen and oxygen atoms in total. The van der Waals surface area contributed by atoms with Crippen molar-refractivity contribution in [1.29, 1.82) is 0 Å². The second-order valence-corrected chi connectivity index (χ2v) is 7.51. The molecule has 3 aromatic rings. The Morgan fingerprint density at radius 2 is 2.00 bits per heavy atom. The molecule has 0 saturated heterocycles. The van der Waals surface area contributed by atoms with Crippen LogP contribution in [0.5, 0.6) is 0 Å². The Kier molecular flexibility index (Phi) is 4.50. The van der Waals surface area contributed by atoms with Crippen molar-refractivity contribution in [1.82, 2.24) is 24.4 Å². The molecular formula is C18H23BrN6. The van der Waals surface area contributed by atoms with Gasteiger partial charge >= 0.3 is 0 Å². The summed E-state index contributed by atoms with van der Waals surface area (Å²) in [5.74, 6) is 1.50. The molecule has 0 atom stereocenters. The number of halogens is 1. The van der Waals surface area contributed by atoms with Crippen molar-refractivity contribution >= 4 is 27.4 Å². The van der Waals surface area contributed by atoms with Crippen LogP contribution < -0.4 is 5.32 Å². The van der Waals surface area contributed by atoms with Crippen LogP contribution in [0.3, 0.4) is 0 Å². The normalized spacial score (nSPS) is 15.8. The summed E-state index contributed by atoms with van der Waals surface area (Å²) < 4.78 is 4.77. The van der Waals surface area contributed by atoms with Gasteiger partial charge in [-0.05, 0) is 35.7 Å². The van der Waals surface area contributed by atoms with Gasteiger partial charge in [-0.1, -0.05) is 19.3 Å². The van der Waals surface area contributed by atoms with Crippen LogP contribution >= 0.6 is 15.9 Å². The molecule has 1 aliphatic rings. The zero-order valence-corrected chi connectivity index (χ0v) is 16.3. The van der Waals surface area contributed by atoms with Gasteiger partial charge in [0.25, 0.3) is 0 Å². The van der Waals surface area contributed by atoms with Gasteiger partial charge in [-0.2, -0.15) is 14.7 Å². The zero-order chi connectivity index (χ0) is 17.4. The SMILES string of the molecule is CCNc1c(Br)c(C2CCCCC2)nc2c(-c3cnn(C)c3)cnn12. The fourth-order valence-electron chi connectivity index (χ4n) is 3.72. The van der Waals surface area contributed by atoms with Crippen LogP contribution in [-0.4, -0.2) is 30.9 Å². The number of rotatable bonds is 4. The second kappa shape index (κ2) is 6.78. The van der Waals surface area contributed by atoms with Gasteiger partial charge in [0.15, 0.2) is 5.65 Å². The average molecular weight is 403 g/mol. The third-order valence-corrected chi connectivity index (χ3v) is 5.75. The highest BCUT2D eigenvalue weighted by molar-refractivity contribution is 9.10. The molecule has 3 aromatic heterocycles. The molecule has 0 spiro atoms. The average Bonchev–Trinajstić information content (AvgIpc) is 3.24. The van der Waals surface area contributed by atoms with E-state index in [4.69, 9.17) is 4.98 Å². The van der Waals surface area contributed by atoms with Crippen molar-refractivity contribution in [3.05, 3.63) is 28.8 Å². The number of aromatic nitrogens is 5. The number of aryl methyl sites for hydroxylation is 1. The highest BCUT2D eigenvalue weighted by atomic mass is 79.9. The van der Waals surface area contributed by atoms with Gasteiger partial charge in [0.05, 0.1) is 22.6 Å². The van der Waals surface area contributed by atoms with Gasteiger partial charge in [-0.3, -0.25) is 4.68 Å². The molecular weight excluding hydrogens is 380 g/mol. The van der Waals surface area contributed by atoms with Crippen molar-refractivity contribution in [3.63, 3.8) is 0 Å². The highest BCUT2D eigenvalue weighted by Gasteiger charge is 2.24. The molecule has 1 N–H and O–H groups in total. The highest BCUT2D eigenvalue weighted by Crippen LogP contribution is 2.39. The molecule has 0 unspecified atom stereocenters. The van der Waals surface area contributed by atoms with E-state index >= 15 is 0 Å².